The summed E-state index contributed by atoms with van der Waals surface area (Å²) in [6.07, 6.45) is 1.92. The highest BCUT2D eigenvalue weighted by molar-refractivity contribution is 7.17. The van der Waals surface area contributed by atoms with E-state index >= 15 is 0 Å². The topological polar surface area (TPSA) is 72.5 Å². The van der Waals surface area contributed by atoms with Crippen LogP contribution in [0.2, 0.25) is 5.02 Å². The second-order valence-corrected chi connectivity index (χ2v) is 9.29. The first kappa shape index (κ1) is 21.8. The minimum Gasteiger partial charge on any atom is -0.381 e. The lowest BCUT2D eigenvalue weighted by Gasteiger charge is -2.23. The molecule has 2 N–H and O–H groups in total. The van der Waals surface area contributed by atoms with Crippen LogP contribution in [0.5, 0.6) is 0 Å². The molecule has 0 saturated carbocycles. The normalized spacial score (nSPS) is 19.2. The Bertz CT molecular complexity index is 1120. The van der Waals surface area contributed by atoms with Crippen LogP contribution in [0.25, 0.3) is 0 Å². The van der Waals surface area contributed by atoms with Gasteiger partial charge in [0.05, 0.1) is 10.6 Å². The van der Waals surface area contributed by atoms with Crippen LogP contribution in [-0.2, 0) is 4.74 Å². The predicted molar refractivity (Wildman–Crippen MR) is 130 cm³/mol. The average molecular weight is 453 g/mol. The number of anilines is 1. The molecule has 4 rings (SSSR count). The molecule has 0 aliphatic carbocycles. The Kier molecular flexibility index (Phi) is 6.29. The number of halogens is 1. The van der Waals surface area contributed by atoms with Crippen LogP contribution in [0.1, 0.15) is 48.3 Å². The van der Waals surface area contributed by atoms with Crippen molar-refractivity contribution >= 4 is 45.3 Å². The molecule has 0 bridgehead atoms. The molecule has 2 aliphatic heterocycles. The van der Waals surface area contributed by atoms with Gasteiger partial charge in [-0.15, -0.1) is 11.3 Å². The van der Waals surface area contributed by atoms with Gasteiger partial charge in [0.1, 0.15) is 22.7 Å². The first-order chi connectivity index (χ1) is 14.9. The Morgan fingerprint density at radius 1 is 1.26 bits per heavy atom. The summed E-state index contributed by atoms with van der Waals surface area (Å²) in [7, 11) is 0. The lowest BCUT2D eigenvalue weighted by atomic mass is 9.98. The third kappa shape index (κ3) is 4.31. The maximum atomic E-state index is 8.70. The van der Waals surface area contributed by atoms with Gasteiger partial charge in [0, 0.05) is 35.3 Å². The molecule has 0 unspecified atom stereocenters. The number of fused-ring (bicyclic) bond motifs is 1. The SMILES string of the molecule is CC(=N)N1C(=N)[C@H](C)N=C(c2ccc(Cl)cc2)c2c1sc(C#CC1CCOCC1)c2C. The van der Waals surface area contributed by atoms with Gasteiger partial charge in [0.15, 0.2) is 0 Å². The van der Waals surface area contributed by atoms with Crippen LogP contribution >= 0.6 is 22.9 Å². The number of amidine groups is 2. The minimum absolute atomic E-state index is 0.294. The van der Waals surface area contributed by atoms with E-state index in [4.69, 9.17) is 32.1 Å². The highest BCUT2D eigenvalue weighted by atomic mass is 35.5. The monoisotopic (exact) mass is 452 g/mol. The number of hydrogen-bond donors (Lipinski definition) is 2. The molecule has 1 atom stereocenters. The van der Waals surface area contributed by atoms with E-state index in [-0.39, 0.29) is 6.04 Å². The number of aliphatic imine (C=N–C) groups is 1. The van der Waals surface area contributed by atoms with Crippen molar-refractivity contribution in [1.29, 1.82) is 10.8 Å². The largest absolute Gasteiger partial charge is 0.381 e. The van der Waals surface area contributed by atoms with Gasteiger partial charge < -0.3 is 4.74 Å². The molecule has 1 fully saturated rings. The summed E-state index contributed by atoms with van der Waals surface area (Å²) in [5.74, 6) is 7.76. The standard InChI is InChI=1S/C24H25ClN4OS/c1-14-20(9-4-17-10-12-30-13-11-17)31-24-21(14)22(18-5-7-19(25)8-6-18)28-15(2)23(27)29(24)16(3)26/h5-8,15,17,26-27H,10-13H2,1-3H3/t15-/m0/s1. The van der Waals surface area contributed by atoms with E-state index < -0.39 is 0 Å². The molecule has 2 aromatic rings. The van der Waals surface area contributed by atoms with Crippen LogP contribution in [0.15, 0.2) is 29.3 Å². The molecular weight excluding hydrogens is 428 g/mol. The zero-order valence-corrected chi connectivity index (χ0v) is 19.5. The van der Waals surface area contributed by atoms with E-state index in [2.05, 4.69) is 18.8 Å². The number of nitrogens with zero attached hydrogens (tertiary/aromatic N) is 2. The molecule has 3 heterocycles. The molecule has 5 nitrogen and oxygen atoms in total. The van der Waals surface area contributed by atoms with Gasteiger partial charge in [0.25, 0.3) is 0 Å². The number of ether oxygens (including phenoxy) is 1. The molecule has 2 aliphatic rings. The maximum Gasteiger partial charge on any atom is 0.132 e. The van der Waals surface area contributed by atoms with Gasteiger partial charge in [-0.3, -0.25) is 20.7 Å². The van der Waals surface area contributed by atoms with E-state index in [0.29, 0.717) is 22.6 Å². The minimum atomic E-state index is -0.373. The summed E-state index contributed by atoms with van der Waals surface area (Å²) >= 11 is 7.65. The highest BCUT2D eigenvalue weighted by Crippen LogP contribution is 2.40. The van der Waals surface area contributed by atoms with Crippen molar-refractivity contribution in [2.45, 2.75) is 39.7 Å². The van der Waals surface area contributed by atoms with E-state index in [1.165, 1.54) is 0 Å². The Balaban J connectivity index is 1.87. The van der Waals surface area contributed by atoms with Crippen molar-refractivity contribution in [3.05, 3.63) is 50.9 Å². The van der Waals surface area contributed by atoms with Crippen molar-refractivity contribution in [3.8, 4) is 11.8 Å². The van der Waals surface area contributed by atoms with Crippen molar-refractivity contribution in [3.63, 3.8) is 0 Å². The summed E-state index contributed by atoms with van der Waals surface area (Å²) in [6.45, 7) is 7.20. The summed E-state index contributed by atoms with van der Waals surface area (Å²) in [6, 6.07) is 7.25. The summed E-state index contributed by atoms with van der Waals surface area (Å²) in [4.78, 5) is 7.57. The number of nitrogens with one attached hydrogen (secondary N) is 2. The lowest BCUT2D eigenvalue weighted by molar-refractivity contribution is 0.0807. The van der Waals surface area contributed by atoms with Crippen LogP contribution in [0.3, 0.4) is 0 Å². The smallest absolute Gasteiger partial charge is 0.132 e. The molecule has 0 spiro atoms. The van der Waals surface area contributed by atoms with Crippen molar-refractivity contribution in [2.75, 3.05) is 18.1 Å². The zero-order chi connectivity index (χ0) is 22.1. The number of benzene rings is 1. The van der Waals surface area contributed by atoms with Gasteiger partial charge in [-0.2, -0.15) is 0 Å². The van der Waals surface area contributed by atoms with Crippen molar-refractivity contribution in [1.82, 2.24) is 0 Å². The van der Waals surface area contributed by atoms with E-state index in [1.807, 2.05) is 31.2 Å². The molecule has 1 saturated heterocycles. The zero-order valence-electron chi connectivity index (χ0n) is 17.9. The fourth-order valence-electron chi connectivity index (χ4n) is 3.84. The quantitative estimate of drug-likeness (QED) is 0.340. The Morgan fingerprint density at radius 2 is 1.94 bits per heavy atom. The third-order valence-corrected chi connectivity index (χ3v) is 7.04. The Hall–Kier alpha value is -2.46. The number of hydrogen-bond acceptors (Lipinski definition) is 5. The number of rotatable bonds is 1. The van der Waals surface area contributed by atoms with Crippen LogP contribution in [0, 0.1) is 35.5 Å². The molecule has 0 radical (unpaired) electrons. The molecule has 7 heteroatoms. The third-order valence-electron chi connectivity index (χ3n) is 5.59. The average Bonchev–Trinajstić information content (AvgIpc) is 3.01. The Morgan fingerprint density at radius 3 is 2.58 bits per heavy atom. The molecular formula is C24H25ClN4OS. The van der Waals surface area contributed by atoms with E-state index in [1.54, 1.807) is 23.2 Å². The molecule has 1 aromatic carbocycles. The van der Waals surface area contributed by atoms with E-state index in [9.17, 15) is 0 Å². The summed E-state index contributed by atoms with van der Waals surface area (Å²) < 4.78 is 5.45. The number of thiophene rings is 1. The summed E-state index contributed by atoms with van der Waals surface area (Å²) in [5, 5.41) is 18.6. The first-order valence-corrected chi connectivity index (χ1v) is 11.6. The van der Waals surface area contributed by atoms with Gasteiger partial charge >= 0.3 is 0 Å². The molecule has 160 valence electrons. The summed E-state index contributed by atoms with van der Waals surface area (Å²) in [5.41, 5.74) is 3.76. The highest BCUT2D eigenvalue weighted by Gasteiger charge is 2.32. The van der Waals surface area contributed by atoms with Gasteiger partial charge in [0.2, 0.25) is 0 Å². The fraction of sp³-hybridized carbons (Fsp3) is 0.375. The second kappa shape index (κ2) is 8.96. The van der Waals surface area contributed by atoms with Gasteiger partial charge in [-0.25, -0.2) is 0 Å². The molecule has 0 amide bonds. The van der Waals surface area contributed by atoms with Crippen molar-refractivity contribution in [2.24, 2.45) is 10.9 Å². The molecule has 1 aromatic heterocycles. The first-order valence-electron chi connectivity index (χ1n) is 10.4. The van der Waals surface area contributed by atoms with Crippen LogP contribution < -0.4 is 4.90 Å². The second-order valence-electron chi connectivity index (χ2n) is 7.86. The molecule has 31 heavy (non-hydrogen) atoms. The van der Waals surface area contributed by atoms with Gasteiger partial charge in [-0.05, 0) is 51.3 Å². The fourth-order valence-corrected chi connectivity index (χ4v) is 5.20. The Labute approximate surface area is 192 Å². The predicted octanol–water partition coefficient (Wildman–Crippen LogP) is 5.51. The van der Waals surface area contributed by atoms with Crippen molar-refractivity contribution < 1.29 is 4.74 Å². The maximum absolute atomic E-state index is 8.70. The lowest BCUT2D eigenvalue weighted by Crippen LogP contribution is -2.38. The van der Waals surface area contributed by atoms with Gasteiger partial charge in [-0.1, -0.05) is 35.6 Å². The van der Waals surface area contributed by atoms with Crippen LogP contribution in [0.4, 0.5) is 5.00 Å². The van der Waals surface area contributed by atoms with Crippen LogP contribution in [-0.4, -0.2) is 36.6 Å². The van der Waals surface area contributed by atoms with E-state index in [0.717, 1.165) is 58.3 Å².